The van der Waals surface area contributed by atoms with Gasteiger partial charge < -0.3 is 10.5 Å². The van der Waals surface area contributed by atoms with Gasteiger partial charge in [0, 0.05) is 20.2 Å². The molecule has 10 heteroatoms. The first kappa shape index (κ1) is 19.2. The second-order valence-corrected chi connectivity index (χ2v) is 6.91. The maximum atomic E-state index is 12.8. The van der Waals surface area contributed by atoms with E-state index in [0.29, 0.717) is 22.2 Å². The third-order valence-electron chi connectivity index (χ3n) is 3.48. The zero-order chi connectivity index (χ0) is 18.6. The molecule has 0 saturated heterocycles. The van der Waals surface area contributed by atoms with E-state index in [1.54, 1.807) is 12.1 Å². The van der Waals surface area contributed by atoms with Crippen LogP contribution < -0.4 is 21.9 Å². The van der Waals surface area contributed by atoms with E-state index in [4.69, 9.17) is 22.1 Å². The maximum Gasteiger partial charge on any atom is 0.330 e. The second kappa shape index (κ2) is 8.32. The number of ether oxygens (including phenoxy) is 1. The molecule has 0 atom stereocenters. The number of rotatable bonds is 7. The molecular formula is C15H19ClN4O4S. The van der Waals surface area contributed by atoms with Gasteiger partial charge in [-0.25, -0.2) is 4.79 Å². The summed E-state index contributed by atoms with van der Waals surface area (Å²) >= 11 is 6.99. The summed E-state index contributed by atoms with van der Waals surface area (Å²) in [7, 11) is 1.48. The molecule has 2 aromatic rings. The summed E-state index contributed by atoms with van der Waals surface area (Å²) in [6.07, 6.45) is 0.641. The predicted molar refractivity (Wildman–Crippen MR) is 98.9 cm³/mol. The quantitative estimate of drug-likeness (QED) is 0.749. The number of nitrogen functional groups attached to an aromatic ring is 1. The van der Waals surface area contributed by atoms with Crippen LogP contribution in [0.5, 0.6) is 0 Å². The van der Waals surface area contributed by atoms with Gasteiger partial charge in [-0.05, 0) is 18.6 Å². The van der Waals surface area contributed by atoms with Gasteiger partial charge >= 0.3 is 5.69 Å². The van der Waals surface area contributed by atoms with Crippen LogP contribution >= 0.6 is 22.9 Å². The van der Waals surface area contributed by atoms with E-state index in [1.165, 1.54) is 16.6 Å². The SMILES string of the molecule is CCCn1c(N)c(N(CCOC)C(=O)c2ccc(Cl)s2)c(=O)[nH]c1=O. The van der Waals surface area contributed by atoms with Crippen LogP contribution in [0.25, 0.3) is 0 Å². The summed E-state index contributed by atoms with van der Waals surface area (Å²) in [6.45, 7) is 2.49. The molecule has 0 radical (unpaired) electrons. The zero-order valence-corrected chi connectivity index (χ0v) is 15.4. The molecule has 0 aromatic carbocycles. The van der Waals surface area contributed by atoms with Gasteiger partial charge in [0.2, 0.25) is 0 Å². The van der Waals surface area contributed by atoms with Crippen molar-refractivity contribution in [2.45, 2.75) is 19.9 Å². The molecule has 2 heterocycles. The molecule has 1 amide bonds. The van der Waals surface area contributed by atoms with E-state index in [9.17, 15) is 14.4 Å². The fraction of sp³-hybridized carbons (Fsp3) is 0.400. The molecule has 2 aromatic heterocycles. The van der Waals surface area contributed by atoms with Gasteiger partial charge in [-0.15, -0.1) is 11.3 Å². The topological polar surface area (TPSA) is 110 Å². The van der Waals surface area contributed by atoms with Crippen LogP contribution in [-0.2, 0) is 11.3 Å². The number of nitrogens with one attached hydrogen (secondary N) is 1. The van der Waals surface area contributed by atoms with Crippen LogP contribution in [0.1, 0.15) is 23.0 Å². The number of carbonyl (C=O) groups excluding carboxylic acids is 1. The monoisotopic (exact) mass is 386 g/mol. The van der Waals surface area contributed by atoms with Gasteiger partial charge in [0.15, 0.2) is 5.69 Å². The summed E-state index contributed by atoms with van der Waals surface area (Å²) in [5.74, 6) is -0.490. The first-order chi connectivity index (χ1) is 11.9. The lowest BCUT2D eigenvalue weighted by atomic mass is 10.3. The minimum Gasteiger partial charge on any atom is -0.383 e. The number of hydrogen-bond acceptors (Lipinski definition) is 6. The molecule has 0 aliphatic heterocycles. The first-order valence-electron chi connectivity index (χ1n) is 7.59. The van der Waals surface area contributed by atoms with Crippen molar-refractivity contribution in [1.82, 2.24) is 9.55 Å². The van der Waals surface area contributed by atoms with E-state index in [-0.39, 0.29) is 24.7 Å². The molecule has 0 spiro atoms. The Morgan fingerprint density at radius 1 is 1.44 bits per heavy atom. The van der Waals surface area contributed by atoms with Crippen molar-refractivity contribution in [3.05, 3.63) is 42.2 Å². The molecule has 0 fully saturated rings. The van der Waals surface area contributed by atoms with Gasteiger partial charge in [0.05, 0.1) is 15.8 Å². The molecule has 2 rings (SSSR count). The van der Waals surface area contributed by atoms with Crippen LogP contribution in [0, 0.1) is 0 Å². The second-order valence-electron chi connectivity index (χ2n) is 5.20. The highest BCUT2D eigenvalue weighted by atomic mass is 35.5. The Bertz CT molecular complexity index is 873. The maximum absolute atomic E-state index is 12.8. The third-order valence-corrected chi connectivity index (χ3v) is 4.70. The standard InChI is InChI=1S/C15H19ClN4O4S/c1-3-6-20-12(17)11(13(21)18-15(20)23)19(7-8-24-2)14(22)9-4-5-10(16)25-9/h4-5H,3,6-8,17H2,1-2H3,(H,18,21,23). The number of nitrogens with two attached hydrogens (primary N) is 1. The predicted octanol–water partition coefficient (Wildman–Crippen LogP) is 1.54. The summed E-state index contributed by atoms with van der Waals surface area (Å²) in [5.41, 5.74) is 4.65. The lowest BCUT2D eigenvalue weighted by Crippen LogP contribution is -2.42. The van der Waals surface area contributed by atoms with E-state index in [1.807, 2.05) is 6.92 Å². The number of H-pyrrole nitrogens is 1. The number of aromatic nitrogens is 2. The summed E-state index contributed by atoms with van der Waals surface area (Å²) < 4.78 is 6.72. The highest BCUT2D eigenvalue weighted by molar-refractivity contribution is 7.18. The average Bonchev–Trinajstić information content (AvgIpc) is 3.00. The molecule has 0 bridgehead atoms. The van der Waals surface area contributed by atoms with Crippen molar-refractivity contribution in [3.63, 3.8) is 0 Å². The largest absolute Gasteiger partial charge is 0.383 e. The molecule has 0 saturated carbocycles. The van der Waals surface area contributed by atoms with Crippen molar-refractivity contribution in [3.8, 4) is 0 Å². The van der Waals surface area contributed by atoms with E-state index in [2.05, 4.69) is 4.98 Å². The lowest BCUT2D eigenvalue weighted by molar-refractivity contribution is 0.0979. The number of amides is 1. The van der Waals surface area contributed by atoms with Crippen LogP contribution in [-0.4, -0.2) is 35.7 Å². The van der Waals surface area contributed by atoms with Crippen molar-refractivity contribution in [1.29, 1.82) is 0 Å². The Hall–Kier alpha value is -2.10. The number of halogens is 1. The van der Waals surface area contributed by atoms with Gasteiger partial charge in [-0.1, -0.05) is 18.5 Å². The summed E-state index contributed by atoms with van der Waals surface area (Å²) in [5, 5.41) is 0. The van der Waals surface area contributed by atoms with Crippen molar-refractivity contribution >= 4 is 40.4 Å². The van der Waals surface area contributed by atoms with Crippen LogP contribution in [0.4, 0.5) is 11.5 Å². The molecule has 0 unspecified atom stereocenters. The van der Waals surface area contributed by atoms with Crippen molar-refractivity contribution in [2.75, 3.05) is 30.9 Å². The minimum absolute atomic E-state index is 0.0530. The van der Waals surface area contributed by atoms with E-state index in [0.717, 1.165) is 11.3 Å². The summed E-state index contributed by atoms with van der Waals surface area (Å²) in [6, 6.07) is 3.17. The van der Waals surface area contributed by atoms with Crippen molar-refractivity contribution < 1.29 is 9.53 Å². The fourth-order valence-electron chi connectivity index (χ4n) is 2.34. The number of thiophene rings is 1. The van der Waals surface area contributed by atoms with E-state index < -0.39 is 17.2 Å². The molecule has 3 N–H and O–H groups in total. The molecule has 0 aliphatic carbocycles. The zero-order valence-electron chi connectivity index (χ0n) is 13.9. The Labute approximate surface area is 152 Å². The third kappa shape index (κ3) is 4.12. The molecule has 8 nitrogen and oxygen atoms in total. The Morgan fingerprint density at radius 3 is 2.72 bits per heavy atom. The Kier molecular flexibility index (Phi) is 6.40. The van der Waals surface area contributed by atoms with E-state index >= 15 is 0 Å². The lowest BCUT2D eigenvalue weighted by Gasteiger charge is -2.23. The number of hydrogen-bond donors (Lipinski definition) is 2. The Balaban J connectivity index is 2.58. The number of aromatic amines is 1. The minimum atomic E-state index is -0.720. The average molecular weight is 387 g/mol. The number of anilines is 2. The first-order valence-corrected chi connectivity index (χ1v) is 8.78. The number of methoxy groups -OCH3 is 1. The van der Waals surface area contributed by atoms with Crippen LogP contribution in [0.3, 0.4) is 0 Å². The van der Waals surface area contributed by atoms with Crippen LogP contribution in [0.2, 0.25) is 4.34 Å². The van der Waals surface area contributed by atoms with Gasteiger partial charge in [-0.3, -0.25) is 24.0 Å². The van der Waals surface area contributed by atoms with Gasteiger partial charge in [0.1, 0.15) is 5.82 Å². The number of nitrogens with zero attached hydrogens (tertiary/aromatic N) is 2. The molecule has 136 valence electrons. The Morgan fingerprint density at radius 2 is 2.16 bits per heavy atom. The van der Waals surface area contributed by atoms with Gasteiger partial charge in [0.25, 0.3) is 11.5 Å². The van der Waals surface area contributed by atoms with Gasteiger partial charge in [-0.2, -0.15) is 0 Å². The smallest absolute Gasteiger partial charge is 0.330 e. The van der Waals surface area contributed by atoms with Crippen LogP contribution in [0.15, 0.2) is 21.7 Å². The highest BCUT2D eigenvalue weighted by Gasteiger charge is 2.26. The number of carbonyl (C=O) groups is 1. The normalized spacial score (nSPS) is 10.8. The van der Waals surface area contributed by atoms with Crippen molar-refractivity contribution in [2.24, 2.45) is 0 Å². The summed E-state index contributed by atoms with van der Waals surface area (Å²) in [4.78, 5) is 41.0. The fourth-order valence-corrected chi connectivity index (χ4v) is 3.34. The molecule has 25 heavy (non-hydrogen) atoms. The molecular weight excluding hydrogens is 368 g/mol. The molecule has 0 aliphatic rings. The highest BCUT2D eigenvalue weighted by Crippen LogP contribution is 2.25.